The number of carbonyl (C=O) groups is 1. The van der Waals surface area contributed by atoms with Crippen LogP contribution in [0.2, 0.25) is 0 Å². The predicted molar refractivity (Wildman–Crippen MR) is 67.9 cm³/mol. The average Bonchev–Trinajstić information content (AvgIpc) is 2.71. The molecule has 0 aliphatic carbocycles. The molecule has 1 aliphatic rings. The zero-order chi connectivity index (χ0) is 13.2. The van der Waals surface area contributed by atoms with Crippen LogP contribution in [0.1, 0.15) is 12.5 Å². The number of benzene rings is 1. The monoisotopic (exact) mass is 315 g/mol. The van der Waals surface area contributed by atoms with Gasteiger partial charge in [0.2, 0.25) is 0 Å². The van der Waals surface area contributed by atoms with Crippen LogP contribution in [0.3, 0.4) is 0 Å². The van der Waals surface area contributed by atoms with Gasteiger partial charge in [-0.25, -0.2) is 4.79 Å². The lowest BCUT2D eigenvalue weighted by Crippen LogP contribution is -2.27. The molecule has 2 atom stereocenters. The Hall–Kier alpha value is -1.11. The van der Waals surface area contributed by atoms with E-state index in [1.807, 2.05) is 31.2 Å². The lowest BCUT2D eigenvalue weighted by atomic mass is 10.1. The van der Waals surface area contributed by atoms with Gasteiger partial charge in [-0.1, -0.05) is 28.1 Å². The van der Waals surface area contributed by atoms with Gasteiger partial charge in [-0.05, 0) is 19.1 Å². The van der Waals surface area contributed by atoms with Crippen molar-refractivity contribution >= 4 is 22.0 Å². The summed E-state index contributed by atoms with van der Waals surface area (Å²) in [5, 5.41) is 0. The summed E-state index contributed by atoms with van der Waals surface area (Å²) in [6.45, 7) is 2.29. The largest absolute Gasteiger partial charge is 0.447 e. The maximum absolute atomic E-state index is 10.5. The van der Waals surface area contributed by atoms with E-state index in [9.17, 15) is 4.79 Å². The zero-order valence-electron chi connectivity index (χ0n) is 9.89. The van der Waals surface area contributed by atoms with Gasteiger partial charge in [0.15, 0.2) is 5.79 Å². The fourth-order valence-corrected chi connectivity index (χ4v) is 2.06. The lowest BCUT2D eigenvalue weighted by molar-refractivity contribution is -0.165. The second-order valence-electron chi connectivity index (χ2n) is 4.13. The molecule has 0 spiro atoms. The van der Waals surface area contributed by atoms with Crippen LogP contribution < -0.4 is 5.73 Å². The molecule has 1 aromatic carbocycles. The molecule has 1 aromatic rings. The number of carbonyl (C=O) groups excluding carboxylic acids is 1. The first kappa shape index (κ1) is 13.3. The predicted octanol–water partition coefficient (Wildman–Crippen LogP) is 2.13. The van der Waals surface area contributed by atoms with Crippen molar-refractivity contribution in [2.45, 2.75) is 18.8 Å². The average molecular weight is 316 g/mol. The summed E-state index contributed by atoms with van der Waals surface area (Å²) < 4.78 is 17.1. The summed E-state index contributed by atoms with van der Waals surface area (Å²) in [5.41, 5.74) is 5.81. The number of amides is 1. The van der Waals surface area contributed by atoms with Gasteiger partial charge in [0.05, 0.1) is 6.61 Å². The molecule has 1 saturated heterocycles. The summed E-state index contributed by atoms with van der Waals surface area (Å²) in [5.74, 6) is -0.813. The zero-order valence-corrected chi connectivity index (χ0v) is 11.5. The molecule has 0 saturated carbocycles. The van der Waals surface area contributed by atoms with Gasteiger partial charge in [-0.15, -0.1) is 0 Å². The van der Waals surface area contributed by atoms with Crippen LogP contribution in [-0.4, -0.2) is 25.4 Å². The van der Waals surface area contributed by atoms with Crippen LogP contribution in [0.5, 0.6) is 0 Å². The lowest BCUT2D eigenvalue weighted by Gasteiger charge is -2.23. The molecule has 1 fully saturated rings. The number of nitrogens with two attached hydrogens (primary N) is 1. The first-order valence-corrected chi connectivity index (χ1v) is 6.29. The molecule has 18 heavy (non-hydrogen) atoms. The minimum Gasteiger partial charge on any atom is -0.447 e. The first-order chi connectivity index (χ1) is 8.49. The van der Waals surface area contributed by atoms with E-state index in [-0.39, 0.29) is 12.7 Å². The maximum atomic E-state index is 10.5. The van der Waals surface area contributed by atoms with E-state index < -0.39 is 11.9 Å². The van der Waals surface area contributed by atoms with Crippen LogP contribution in [0.15, 0.2) is 28.7 Å². The molecule has 5 nitrogen and oxygen atoms in total. The molecule has 0 aromatic heterocycles. The van der Waals surface area contributed by atoms with E-state index in [0.29, 0.717) is 6.61 Å². The van der Waals surface area contributed by atoms with Crippen LogP contribution in [-0.2, 0) is 20.0 Å². The van der Waals surface area contributed by atoms with E-state index >= 15 is 0 Å². The van der Waals surface area contributed by atoms with Gasteiger partial charge in [0, 0.05) is 10.0 Å². The van der Waals surface area contributed by atoms with Crippen molar-refractivity contribution in [3.8, 4) is 0 Å². The standard InChI is InChI=1S/C12H14BrNO4/c1-12(8-2-4-9(13)5-3-8)17-7-10(18-12)6-16-11(14)15/h2-5,10H,6-7H2,1H3,(H2,14,15)/t10-,12-/m0/s1. The molecule has 0 radical (unpaired) electrons. The Kier molecular flexibility index (Phi) is 3.89. The molecular formula is C12H14BrNO4. The molecule has 6 heteroatoms. The third-order valence-corrected chi connectivity index (χ3v) is 3.24. The number of halogens is 1. The first-order valence-electron chi connectivity index (χ1n) is 5.50. The third kappa shape index (κ3) is 3.01. The van der Waals surface area contributed by atoms with Crippen LogP contribution in [0, 0.1) is 0 Å². The van der Waals surface area contributed by atoms with Crippen molar-refractivity contribution in [3.63, 3.8) is 0 Å². The van der Waals surface area contributed by atoms with E-state index in [1.165, 1.54) is 0 Å². The molecule has 2 N–H and O–H groups in total. The normalized spacial score (nSPS) is 27.1. The van der Waals surface area contributed by atoms with Crippen molar-refractivity contribution in [3.05, 3.63) is 34.3 Å². The number of hydrogen-bond donors (Lipinski definition) is 1. The number of primary amides is 1. The van der Waals surface area contributed by atoms with Gasteiger partial charge in [-0.2, -0.15) is 0 Å². The second kappa shape index (κ2) is 5.26. The summed E-state index contributed by atoms with van der Waals surface area (Å²) in [6, 6.07) is 7.67. The molecule has 0 unspecified atom stereocenters. The highest BCUT2D eigenvalue weighted by atomic mass is 79.9. The summed E-state index contributed by atoms with van der Waals surface area (Å²) in [7, 11) is 0. The van der Waals surface area contributed by atoms with E-state index in [1.54, 1.807) is 0 Å². The highest BCUT2D eigenvalue weighted by Crippen LogP contribution is 2.34. The minimum absolute atomic E-state index is 0.0987. The highest BCUT2D eigenvalue weighted by Gasteiger charge is 2.39. The van der Waals surface area contributed by atoms with Crippen LogP contribution in [0.4, 0.5) is 4.79 Å². The van der Waals surface area contributed by atoms with Gasteiger partial charge in [-0.3, -0.25) is 0 Å². The molecule has 2 rings (SSSR count). The van der Waals surface area contributed by atoms with Crippen molar-refractivity contribution in [1.82, 2.24) is 0 Å². The van der Waals surface area contributed by atoms with Gasteiger partial charge in [0.1, 0.15) is 12.7 Å². The maximum Gasteiger partial charge on any atom is 0.404 e. The third-order valence-electron chi connectivity index (χ3n) is 2.72. The van der Waals surface area contributed by atoms with Crippen molar-refractivity contribution in [1.29, 1.82) is 0 Å². The molecular weight excluding hydrogens is 302 g/mol. The molecule has 98 valence electrons. The van der Waals surface area contributed by atoms with Gasteiger partial charge < -0.3 is 19.9 Å². The SMILES string of the molecule is C[C@]1(c2ccc(Br)cc2)OC[C@H](COC(N)=O)O1. The molecule has 0 bridgehead atoms. The summed E-state index contributed by atoms with van der Waals surface area (Å²) in [4.78, 5) is 10.5. The quantitative estimate of drug-likeness (QED) is 0.927. The molecule has 1 amide bonds. The van der Waals surface area contributed by atoms with E-state index in [2.05, 4.69) is 15.9 Å². The minimum atomic E-state index is -0.813. The smallest absolute Gasteiger partial charge is 0.404 e. The van der Waals surface area contributed by atoms with Crippen molar-refractivity contribution in [2.24, 2.45) is 5.73 Å². The number of rotatable bonds is 3. The summed E-state index contributed by atoms with van der Waals surface area (Å²) in [6.07, 6.45) is -1.11. The Morgan fingerprint density at radius 3 is 2.83 bits per heavy atom. The van der Waals surface area contributed by atoms with Gasteiger partial charge in [0.25, 0.3) is 0 Å². The van der Waals surface area contributed by atoms with Crippen molar-refractivity contribution < 1.29 is 19.0 Å². The fourth-order valence-electron chi connectivity index (χ4n) is 1.80. The highest BCUT2D eigenvalue weighted by molar-refractivity contribution is 9.10. The fraction of sp³-hybridized carbons (Fsp3) is 0.417. The second-order valence-corrected chi connectivity index (χ2v) is 5.05. The van der Waals surface area contributed by atoms with E-state index in [0.717, 1.165) is 10.0 Å². The number of ether oxygens (including phenoxy) is 3. The molecule has 1 heterocycles. The Morgan fingerprint density at radius 2 is 2.22 bits per heavy atom. The summed E-state index contributed by atoms with van der Waals surface area (Å²) >= 11 is 3.37. The Balaban J connectivity index is 2.01. The van der Waals surface area contributed by atoms with Crippen LogP contribution in [0.25, 0.3) is 0 Å². The number of hydrogen-bond acceptors (Lipinski definition) is 4. The topological polar surface area (TPSA) is 70.8 Å². The van der Waals surface area contributed by atoms with Crippen molar-refractivity contribution in [2.75, 3.05) is 13.2 Å². The van der Waals surface area contributed by atoms with Gasteiger partial charge >= 0.3 is 6.09 Å². The van der Waals surface area contributed by atoms with E-state index in [4.69, 9.17) is 19.9 Å². The Morgan fingerprint density at radius 1 is 1.56 bits per heavy atom. The van der Waals surface area contributed by atoms with Crippen LogP contribution >= 0.6 is 15.9 Å². The Labute approximate surface area is 113 Å². The Bertz CT molecular complexity index is 436. The molecule has 1 aliphatic heterocycles.